The normalized spacial score (nSPS) is 24.7. The lowest BCUT2D eigenvalue weighted by Crippen LogP contribution is -2.42. The number of esters is 1. The summed E-state index contributed by atoms with van der Waals surface area (Å²) in [6, 6.07) is 0. The molecule has 1 rings (SSSR count). The number of hydrogen-bond acceptors (Lipinski definition) is 5. The lowest BCUT2D eigenvalue weighted by molar-refractivity contribution is -0.160. The van der Waals surface area contributed by atoms with E-state index in [9.17, 15) is 9.59 Å². The van der Waals surface area contributed by atoms with Gasteiger partial charge in [-0.1, -0.05) is 12.8 Å². The van der Waals surface area contributed by atoms with Crippen LogP contribution in [0.2, 0.25) is 0 Å². The number of terminal acetylenes is 1. The van der Waals surface area contributed by atoms with Crippen molar-refractivity contribution in [3.05, 3.63) is 0 Å². The van der Waals surface area contributed by atoms with Crippen LogP contribution in [0.5, 0.6) is 0 Å². The van der Waals surface area contributed by atoms with Gasteiger partial charge in [0.05, 0.1) is 0 Å². The summed E-state index contributed by atoms with van der Waals surface area (Å²) in [5.41, 5.74) is -1.31. The van der Waals surface area contributed by atoms with E-state index in [2.05, 4.69) is 15.4 Å². The van der Waals surface area contributed by atoms with Gasteiger partial charge in [0.2, 0.25) is 5.60 Å². The smallest absolute Gasteiger partial charge is 0.449 e. The molecule has 0 aromatic carbocycles. The number of ether oxygens (including phenoxy) is 3. The molecule has 5 heteroatoms. The Morgan fingerprint density at radius 3 is 2.93 bits per heavy atom. The first-order valence-corrected chi connectivity index (χ1v) is 4.11. The fourth-order valence-electron chi connectivity index (χ4n) is 1.05. The van der Waals surface area contributed by atoms with Crippen LogP contribution in [0.1, 0.15) is 13.3 Å². The van der Waals surface area contributed by atoms with Gasteiger partial charge in [0, 0.05) is 0 Å². The molecule has 1 atom stereocenters. The Hall–Kier alpha value is -1.70. The van der Waals surface area contributed by atoms with Crippen molar-refractivity contribution >= 4 is 12.1 Å². The molecule has 0 radical (unpaired) electrons. The van der Waals surface area contributed by atoms with E-state index in [1.807, 2.05) is 0 Å². The van der Waals surface area contributed by atoms with E-state index in [-0.39, 0.29) is 13.2 Å². The lowest BCUT2D eigenvalue weighted by Gasteiger charge is -2.19. The van der Waals surface area contributed by atoms with Crippen LogP contribution in [0.25, 0.3) is 0 Å². The Balaban J connectivity index is 2.66. The summed E-state index contributed by atoms with van der Waals surface area (Å²) in [6.45, 7) is 1.43. The third-order valence-corrected chi connectivity index (χ3v) is 1.93. The number of hydrogen-bond donors (Lipinski definition) is 0. The zero-order valence-corrected chi connectivity index (χ0v) is 7.74. The third-order valence-electron chi connectivity index (χ3n) is 1.93. The van der Waals surface area contributed by atoms with Crippen LogP contribution in [-0.2, 0) is 19.0 Å². The van der Waals surface area contributed by atoms with Crippen molar-refractivity contribution in [2.24, 2.45) is 0 Å². The second-order valence-corrected chi connectivity index (χ2v) is 2.77. The molecule has 0 amide bonds. The molecule has 0 aliphatic carbocycles. The Kier molecular flexibility index (Phi) is 2.97. The summed E-state index contributed by atoms with van der Waals surface area (Å²) in [4.78, 5) is 22.1. The molecule has 76 valence electrons. The summed E-state index contributed by atoms with van der Waals surface area (Å²) in [7, 11) is 0. The Labute approximate surface area is 81.3 Å². The van der Waals surface area contributed by atoms with Crippen molar-refractivity contribution in [1.82, 2.24) is 0 Å². The molecule has 1 aliphatic heterocycles. The predicted octanol–water partition coefficient (Wildman–Crippen LogP) is 0.478. The number of cyclic esters (lactones) is 2. The minimum Gasteiger partial charge on any atom is -0.449 e. The fourth-order valence-corrected chi connectivity index (χ4v) is 1.05. The lowest BCUT2D eigenvalue weighted by atomic mass is 10.0. The molecule has 0 bridgehead atoms. The highest BCUT2D eigenvalue weighted by atomic mass is 16.8. The molecule has 0 saturated carbocycles. The van der Waals surface area contributed by atoms with Gasteiger partial charge in [-0.3, -0.25) is 0 Å². The molecule has 0 aromatic rings. The first kappa shape index (κ1) is 10.4. The van der Waals surface area contributed by atoms with Gasteiger partial charge in [0.25, 0.3) is 0 Å². The average Bonchev–Trinajstić information content (AvgIpc) is 2.58. The maximum absolute atomic E-state index is 11.4. The minimum absolute atomic E-state index is 0.119. The van der Waals surface area contributed by atoms with Crippen molar-refractivity contribution in [3.8, 4) is 12.3 Å². The summed E-state index contributed by atoms with van der Waals surface area (Å²) in [5, 5.41) is 0. The van der Waals surface area contributed by atoms with Gasteiger partial charge >= 0.3 is 12.1 Å². The van der Waals surface area contributed by atoms with E-state index in [0.29, 0.717) is 6.42 Å². The zero-order valence-electron chi connectivity index (χ0n) is 7.74. The largest absolute Gasteiger partial charge is 0.509 e. The van der Waals surface area contributed by atoms with Crippen molar-refractivity contribution in [3.63, 3.8) is 0 Å². The molecule has 1 aliphatic rings. The van der Waals surface area contributed by atoms with E-state index in [0.717, 1.165) is 0 Å². The first-order valence-electron chi connectivity index (χ1n) is 4.11. The topological polar surface area (TPSA) is 61.8 Å². The van der Waals surface area contributed by atoms with Crippen LogP contribution >= 0.6 is 0 Å². The van der Waals surface area contributed by atoms with Gasteiger partial charge < -0.3 is 14.2 Å². The molecule has 1 unspecified atom stereocenters. The van der Waals surface area contributed by atoms with E-state index in [1.165, 1.54) is 0 Å². The van der Waals surface area contributed by atoms with Crippen LogP contribution < -0.4 is 0 Å². The fraction of sp³-hybridized carbons (Fsp3) is 0.556. The van der Waals surface area contributed by atoms with Gasteiger partial charge in [0.1, 0.15) is 6.61 Å². The summed E-state index contributed by atoms with van der Waals surface area (Å²) in [6.07, 6.45) is 4.36. The highest BCUT2D eigenvalue weighted by molar-refractivity contribution is 5.84. The van der Waals surface area contributed by atoms with Crippen molar-refractivity contribution in [2.75, 3.05) is 13.2 Å². The van der Waals surface area contributed by atoms with Crippen LogP contribution in [0.3, 0.4) is 0 Å². The average molecular weight is 198 g/mol. The molecular formula is C9H10O5. The molecule has 0 spiro atoms. The second-order valence-electron chi connectivity index (χ2n) is 2.77. The quantitative estimate of drug-likeness (QED) is 0.487. The predicted molar refractivity (Wildman–Crippen MR) is 45.2 cm³/mol. The van der Waals surface area contributed by atoms with Gasteiger partial charge in [-0.2, -0.15) is 0 Å². The van der Waals surface area contributed by atoms with E-state index in [1.54, 1.807) is 6.92 Å². The molecule has 5 nitrogen and oxygen atoms in total. The Bertz CT molecular complexity index is 290. The third kappa shape index (κ3) is 1.79. The van der Waals surface area contributed by atoms with Crippen molar-refractivity contribution in [2.45, 2.75) is 18.9 Å². The van der Waals surface area contributed by atoms with E-state index >= 15 is 0 Å². The van der Waals surface area contributed by atoms with Crippen LogP contribution in [0, 0.1) is 12.3 Å². The number of rotatable bonds is 3. The number of carbonyl (C=O) groups excluding carboxylic acids is 2. The van der Waals surface area contributed by atoms with Crippen LogP contribution in [0.15, 0.2) is 0 Å². The van der Waals surface area contributed by atoms with Gasteiger partial charge in [0.15, 0.2) is 6.61 Å². The summed E-state index contributed by atoms with van der Waals surface area (Å²) < 4.78 is 14.0. The molecule has 14 heavy (non-hydrogen) atoms. The van der Waals surface area contributed by atoms with Gasteiger partial charge in [-0.15, -0.1) is 6.42 Å². The van der Waals surface area contributed by atoms with Crippen molar-refractivity contribution in [1.29, 1.82) is 0 Å². The zero-order chi connectivity index (χ0) is 10.6. The highest BCUT2D eigenvalue weighted by Gasteiger charge is 2.49. The van der Waals surface area contributed by atoms with Crippen molar-refractivity contribution < 1.29 is 23.8 Å². The molecule has 1 heterocycles. The van der Waals surface area contributed by atoms with Gasteiger partial charge in [-0.05, 0) is 6.42 Å². The molecular weight excluding hydrogens is 188 g/mol. The second kappa shape index (κ2) is 4.01. The minimum atomic E-state index is -1.31. The van der Waals surface area contributed by atoms with Crippen LogP contribution in [0.4, 0.5) is 4.79 Å². The van der Waals surface area contributed by atoms with E-state index < -0.39 is 17.7 Å². The Morgan fingerprint density at radius 1 is 1.79 bits per heavy atom. The first-order chi connectivity index (χ1) is 6.64. The Morgan fingerprint density at radius 2 is 2.50 bits per heavy atom. The summed E-state index contributed by atoms with van der Waals surface area (Å²) in [5.74, 6) is 1.49. The molecule has 1 fully saturated rings. The number of carbonyl (C=O) groups is 2. The maximum atomic E-state index is 11.4. The summed E-state index contributed by atoms with van der Waals surface area (Å²) >= 11 is 0. The molecule has 1 saturated heterocycles. The molecule has 0 N–H and O–H groups in total. The molecule has 0 aromatic heterocycles. The van der Waals surface area contributed by atoms with Gasteiger partial charge in [-0.25, -0.2) is 9.59 Å². The standard InChI is InChI=1S/C9H10O5/c1-3-5-12-7(10)9(4-2)6-13-8(11)14-9/h1H,4-6H2,2H3. The monoisotopic (exact) mass is 198 g/mol. The van der Waals surface area contributed by atoms with Crippen LogP contribution in [-0.4, -0.2) is 30.9 Å². The maximum Gasteiger partial charge on any atom is 0.509 e. The SMILES string of the molecule is C#CCOC(=O)C1(CC)COC(=O)O1. The highest BCUT2D eigenvalue weighted by Crippen LogP contribution is 2.25. The van der Waals surface area contributed by atoms with E-state index in [4.69, 9.17) is 11.2 Å².